The fourth-order valence-electron chi connectivity index (χ4n) is 3.32. The lowest BCUT2D eigenvalue weighted by Gasteiger charge is -2.33. The number of likely N-dealkylation sites (N-methyl/N-ethyl adjacent to an activating group) is 1. The van der Waals surface area contributed by atoms with E-state index in [-0.39, 0.29) is 0 Å². The van der Waals surface area contributed by atoms with Gasteiger partial charge in [-0.05, 0) is 56.3 Å². The van der Waals surface area contributed by atoms with Crippen LogP contribution in [0.3, 0.4) is 0 Å². The minimum absolute atomic E-state index is 0.654. The van der Waals surface area contributed by atoms with Crippen molar-refractivity contribution in [1.82, 2.24) is 14.9 Å². The summed E-state index contributed by atoms with van der Waals surface area (Å²) >= 11 is 0. The highest BCUT2D eigenvalue weighted by Gasteiger charge is 2.19. The molecule has 134 valence electrons. The number of nitrogens with zero attached hydrogens (tertiary/aromatic N) is 4. The van der Waals surface area contributed by atoms with Crippen molar-refractivity contribution in [3.8, 4) is 0 Å². The van der Waals surface area contributed by atoms with Crippen molar-refractivity contribution in [2.75, 3.05) is 43.4 Å². The molecule has 0 aliphatic carbocycles. The Kier molecular flexibility index (Phi) is 4.47. The summed E-state index contributed by atoms with van der Waals surface area (Å²) in [5.41, 5.74) is 4.54. The summed E-state index contributed by atoms with van der Waals surface area (Å²) in [7, 11) is 2.17. The highest BCUT2D eigenvalue weighted by atomic mass is 15.3. The summed E-state index contributed by atoms with van der Waals surface area (Å²) in [4.78, 5) is 14.3. The predicted octanol–water partition coefficient (Wildman–Crippen LogP) is 3.74. The van der Waals surface area contributed by atoms with Crippen LogP contribution in [0.2, 0.25) is 0 Å². The van der Waals surface area contributed by atoms with Gasteiger partial charge in [-0.1, -0.05) is 18.2 Å². The van der Waals surface area contributed by atoms with Crippen LogP contribution in [0.1, 0.15) is 11.1 Å². The molecule has 1 aliphatic heterocycles. The van der Waals surface area contributed by atoms with Crippen molar-refractivity contribution in [2.24, 2.45) is 0 Å². The fraction of sp³-hybridized carbons (Fsp3) is 0.333. The summed E-state index contributed by atoms with van der Waals surface area (Å²) in [5.74, 6) is 1.68. The molecule has 0 spiro atoms. The normalized spacial score (nSPS) is 15.4. The molecule has 0 bridgehead atoms. The second kappa shape index (κ2) is 6.92. The van der Waals surface area contributed by atoms with Crippen molar-refractivity contribution in [1.29, 1.82) is 0 Å². The van der Waals surface area contributed by atoms with Gasteiger partial charge in [0.1, 0.15) is 5.82 Å². The van der Waals surface area contributed by atoms with Crippen LogP contribution >= 0.6 is 0 Å². The SMILES string of the molecule is Cc1ccc(Nc2nc(N3CCN(C)CC3)c3ccccc3n2)cc1C. The van der Waals surface area contributed by atoms with E-state index in [1.807, 2.05) is 6.07 Å². The minimum Gasteiger partial charge on any atom is -0.353 e. The number of aromatic nitrogens is 2. The summed E-state index contributed by atoms with van der Waals surface area (Å²) in [6.45, 7) is 8.33. The van der Waals surface area contributed by atoms with Gasteiger partial charge in [0.2, 0.25) is 5.95 Å². The van der Waals surface area contributed by atoms with Crippen molar-refractivity contribution in [2.45, 2.75) is 13.8 Å². The Labute approximate surface area is 154 Å². The fourth-order valence-corrected chi connectivity index (χ4v) is 3.32. The molecule has 1 N–H and O–H groups in total. The average molecular weight is 347 g/mol. The summed E-state index contributed by atoms with van der Waals surface area (Å²) < 4.78 is 0. The summed E-state index contributed by atoms with van der Waals surface area (Å²) in [6.07, 6.45) is 0. The number of benzene rings is 2. The van der Waals surface area contributed by atoms with Gasteiger partial charge in [0.25, 0.3) is 0 Å². The Morgan fingerprint density at radius 1 is 0.885 bits per heavy atom. The molecule has 5 nitrogen and oxygen atoms in total. The molecule has 26 heavy (non-hydrogen) atoms. The number of fused-ring (bicyclic) bond motifs is 1. The number of hydrogen-bond acceptors (Lipinski definition) is 5. The molecule has 0 radical (unpaired) electrons. The van der Waals surface area contributed by atoms with E-state index in [4.69, 9.17) is 9.97 Å². The maximum atomic E-state index is 4.88. The van der Waals surface area contributed by atoms with E-state index in [9.17, 15) is 0 Å². The number of piperazine rings is 1. The molecule has 2 aromatic carbocycles. The molecule has 1 fully saturated rings. The molecular weight excluding hydrogens is 322 g/mol. The van der Waals surface area contributed by atoms with Gasteiger partial charge in [0.05, 0.1) is 5.52 Å². The highest BCUT2D eigenvalue weighted by molar-refractivity contribution is 5.90. The molecular formula is C21H25N5. The van der Waals surface area contributed by atoms with Crippen LogP contribution in [-0.2, 0) is 0 Å². The van der Waals surface area contributed by atoms with Crippen molar-refractivity contribution >= 4 is 28.4 Å². The molecule has 0 unspecified atom stereocenters. The highest BCUT2D eigenvalue weighted by Crippen LogP contribution is 2.27. The zero-order valence-electron chi connectivity index (χ0n) is 15.7. The number of anilines is 3. The first-order valence-corrected chi connectivity index (χ1v) is 9.15. The van der Waals surface area contributed by atoms with Gasteiger partial charge < -0.3 is 15.1 Å². The van der Waals surface area contributed by atoms with Crippen LogP contribution in [0.4, 0.5) is 17.5 Å². The molecule has 0 amide bonds. The first-order valence-electron chi connectivity index (χ1n) is 9.15. The largest absolute Gasteiger partial charge is 0.353 e. The van der Waals surface area contributed by atoms with Crippen LogP contribution in [0.5, 0.6) is 0 Å². The van der Waals surface area contributed by atoms with E-state index in [0.29, 0.717) is 5.95 Å². The van der Waals surface area contributed by atoms with E-state index >= 15 is 0 Å². The molecule has 5 heteroatoms. The Morgan fingerprint density at radius 3 is 2.42 bits per heavy atom. The zero-order chi connectivity index (χ0) is 18.1. The molecule has 4 rings (SSSR count). The molecule has 1 aromatic heterocycles. The first kappa shape index (κ1) is 16.8. The topological polar surface area (TPSA) is 44.3 Å². The molecule has 2 heterocycles. The van der Waals surface area contributed by atoms with Crippen LogP contribution in [0, 0.1) is 13.8 Å². The number of para-hydroxylation sites is 1. The van der Waals surface area contributed by atoms with Gasteiger partial charge >= 0.3 is 0 Å². The van der Waals surface area contributed by atoms with Crippen molar-refractivity contribution in [3.63, 3.8) is 0 Å². The lowest BCUT2D eigenvalue weighted by molar-refractivity contribution is 0.312. The van der Waals surface area contributed by atoms with Gasteiger partial charge in [-0.3, -0.25) is 0 Å². The van der Waals surface area contributed by atoms with Gasteiger partial charge in [-0.15, -0.1) is 0 Å². The van der Waals surface area contributed by atoms with Gasteiger partial charge in [0.15, 0.2) is 0 Å². The van der Waals surface area contributed by atoms with E-state index in [1.54, 1.807) is 0 Å². The molecule has 0 saturated carbocycles. The second-order valence-electron chi connectivity index (χ2n) is 7.10. The van der Waals surface area contributed by atoms with Crippen LogP contribution in [0.25, 0.3) is 10.9 Å². The van der Waals surface area contributed by atoms with Crippen molar-refractivity contribution in [3.05, 3.63) is 53.6 Å². The Balaban J connectivity index is 1.72. The lowest BCUT2D eigenvalue weighted by Crippen LogP contribution is -2.45. The second-order valence-corrected chi connectivity index (χ2v) is 7.10. The Morgan fingerprint density at radius 2 is 1.65 bits per heavy atom. The minimum atomic E-state index is 0.654. The average Bonchev–Trinajstić information content (AvgIpc) is 2.65. The first-order chi connectivity index (χ1) is 12.6. The number of nitrogens with one attached hydrogen (secondary N) is 1. The van der Waals surface area contributed by atoms with Gasteiger partial charge in [-0.2, -0.15) is 4.98 Å². The summed E-state index contributed by atoms with van der Waals surface area (Å²) in [5, 5.41) is 4.51. The molecule has 3 aromatic rings. The molecule has 0 atom stereocenters. The molecule has 1 aliphatic rings. The standard InChI is InChI=1S/C21H25N5/c1-15-8-9-17(14-16(15)2)22-21-23-19-7-5-4-6-18(19)20(24-21)26-12-10-25(3)11-13-26/h4-9,14H,10-13H2,1-3H3,(H,22,23,24). The Hall–Kier alpha value is -2.66. The Bertz CT molecular complexity index is 929. The number of hydrogen-bond donors (Lipinski definition) is 1. The van der Waals surface area contributed by atoms with Crippen molar-refractivity contribution < 1.29 is 0 Å². The van der Waals surface area contributed by atoms with E-state index in [0.717, 1.165) is 48.6 Å². The third kappa shape index (κ3) is 3.35. The van der Waals surface area contributed by atoms with E-state index in [1.165, 1.54) is 11.1 Å². The lowest BCUT2D eigenvalue weighted by atomic mass is 10.1. The van der Waals surface area contributed by atoms with E-state index in [2.05, 4.69) is 72.4 Å². The monoisotopic (exact) mass is 347 g/mol. The summed E-state index contributed by atoms with van der Waals surface area (Å²) in [6, 6.07) is 14.6. The maximum Gasteiger partial charge on any atom is 0.229 e. The van der Waals surface area contributed by atoms with Crippen LogP contribution in [-0.4, -0.2) is 48.1 Å². The number of rotatable bonds is 3. The zero-order valence-corrected chi connectivity index (χ0v) is 15.7. The quantitative estimate of drug-likeness (QED) is 0.782. The molecule has 1 saturated heterocycles. The third-order valence-corrected chi connectivity index (χ3v) is 5.15. The van der Waals surface area contributed by atoms with Gasteiger partial charge in [0, 0.05) is 37.3 Å². The van der Waals surface area contributed by atoms with Crippen LogP contribution in [0.15, 0.2) is 42.5 Å². The van der Waals surface area contributed by atoms with E-state index < -0.39 is 0 Å². The van der Waals surface area contributed by atoms with Crippen LogP contribution < -0.4 is 10.2 Å². The maximum absolute atomic E-state index is 4.88. The predicted molar refractivity (Wildman–Crippen MR) is 108 cm³/mol. The number of aryl methyl sites for hydroxylation is 2. The third-order valence-electron chi connectivity index (χ3n) is 5.15. The smallest absolute Gasteiger partial charge is 0.229 e. The van der Waals surface area contributed by atoms with Gasteiger partial charge in [-0.25, -0.2) is 4.98 Å².